The lowest BCUT2D eigenvalue weighted by atomic mass is 10.1. The van der Waals surface area contributed by atoms with Crippen molar-refractivity contribution >= 4 is 33.2 Å². The predicted octanol–water partition coefficient (Wildman–Crippen LogP) is 4.05. The summed E-state index contributed by atoms with van der Waals surface area (Å²) in [6.45, 7) is 3.06. The number of benzene rings is 1. The highest BCUT2D eigenvalue weighted by Gasteiger charge is 2.31. The molecule has 1 saturated carbocycles. The Morgan fingerprint density at radius 3 is 2.75 bits per heavy atom. The number of amides is 1. The van der Waals surface area contributed by atoms with E-state index in [0.29, 0.717) is 19.1 Å². The molecule has 1 amide bonds. The first-order valence-corrected chi connectivity index (χ1v) is 9.64. The SMILES string of the molecule is C[C@H](NC(=O)c1scnc1C1CC1)c1cc2c(cc1Br)OCCO2. The first-order chi connectivity index (χ1) is 11.6. The van der Waals surface area contributed by atoms with Gasteiger partial charge in [-0.05, 0) is 37.5 Å². The monoisotopic (exact) mass is 408 g/mol. The molecule has 1 N–H and O–H groups in total. The van der Waals surface area contributed by atoms with Crippen LogP contribution in [0, 0.1) is 0 Å². The minimum Gasteiger partial charge on any atom is -0.486 e. The number of nitrogens with zero attached hydrogens (tertiary/aromatic N) is 1. The van der Waals surface area contributed by atoms with E-state index >= 15 is 0 Å². The van der Waals surface area contributed by atoms with Crippen molar-refractivity contribution in [3.05, 3.63) is 38.3 Å². The second-order valence-electron chi connectivity index (χ2n) is 6.05. The van der Waals surface area contributed by atoms with Crippen LogP contribution in [0.15, 0.2) is 22.1 Å². The van der Waals surface area contributed by atoms with Gasteiger partial charge in [0.25, 0.3) is 5.91 Å². The number of fused-ring (bicyclic) bond motifs is 1. The van der Waals surface area contributed by atoms with Crippen LogP contribution in [0.2, 0.25) is 0 Å². The molecule has 0 saturated heterocycles. The summed E-state index contributed by atoms with van der Waals surface area (Å²) in [4.78, 5) is 17.7. The lowest BCUT2D eigenvalue weighted by molar-refractivity contribution is 0.0942. The van der Waals surface area contributed by atoms with Crippen molar-refractivity contribution in [1.82, 2.24) is 10.3 Å². The van der Waals surface area contributed by atoms with Gasteiger partial charge in [-0.15, -0.1) is 11.3 Å². The lowest BCUT2D eigenvalue weighted by Crippen LogP contribution is -2.27. The lowest BCUT2D eigenvalue weighted by Gasteiger charge is -2.22. The second kappa shape index (κ2) is 6.37. The van der Waals surface area contributed by atoms with Gasteiger partial charge in [0.1, 0.15) is 18.1 Å². The van der Waals surface area contributed by atoms with Crippen molar-refractivity contribution in [3.8, 4) is 11.5 Å². The summed E-state index contributed by atoms with van der Waals surface area (Å²) in [7, 11) is 0. The third kappa shape index (κ3) is 3.02. The van der Waals surface area contributed by atoms with Crippen LogP contribution in [0.3, 0.4) is 0 Å². The molecule has 2 aliphatic rings. The Morgan fingerprint density at radius 2 is 2.04 bits per heavy atom. The highest BCUT2D eigenvalue weighted by molar-refractivity contribution is 9.10. The van der Waals surface area contributed by atoms with Crippen molar-refractivity contribution < 1.29 is 14.3 Å². The van der Waals surface area contributed by atoms with Crippen molar-refractivity contribution in [2.75, 3.05) is 13.2 Å². The van der Waals surface area contributed by atoms with Gasteiger partial charge in [0.2, 0.25) is 0 Å². The fourth-order valence-corrected chi connectivity index (χ4v) is 4.27. The van der Waals surface area contributed by atoms with Gasteiger partial charge in [-0.1, -0.05) is 15.9 Å². The Balaban J connectivity index is 1.54. The van der Waals surface area contributed by atoms with Crippen LogP contribution in [-0.4, -0.2) is 24.1 Å². The van der Waals surface area contributed by atoms with E-state index in [1.807, 2.05) is 19.1 Å². The Hall–Kier alpha value is -1.60. The van der Waals surface area contributed by atoms with Crippen molar-refractivity contribution in [1.29, 1.82) is 0 Å². The van der Waals surface area contributed by atoms with Crippen LogP contribution >= 0.6 is 27.3 Å². The highest BCUT2D eigenvalue weighted by Crippen LogP contribution is 2.42. The molecule has 1 aliphatic carbocycles. The van der Waals surface area contributed by atoms with Gasteiger partial charge in [0.05, 0.1) is 17.2 Å². The zero-order valence-electron chi connectivity index (χ0n) is 13.2. The van der Waals surface area contributed by atoms with Gasteiger partial charge >= 0.3 is 0 Å². The number of carbonyl (C=O) groups excluding carboxylic acids is 1. The Labute approximate surface area is 152 Å². The molecule has 1 aromatic heterocycles. The minimum atomic E-state index is -0.156. The average Bonchev–Trinajstić information content (AvgIpc) is 3.30. The summed E-state index contributed by atoms with van der Waals surface area (Å²) in [5.74, 6) is 1.85. The van der Waals surface area contributed by atoms with E-state index in [-0.39, 0.29) is 11.9 Å². The third-order valence-electron chi connectivity index (χ3n) is 4.24. The molecule has 0 bridgehead atoms. The smallest absolute Gasteiger partial charge is 0.263 e. The second-order valence-corrected chi connectivity index (χ2v) is 7.76. The molecule has 7 heteroatoms. The van der Waals surface area contributed by atoms with Gasteiger partial charge in [-0.25, -0.2) is 4.98 Å². The first-order valence-electron chi connectivity index (χ1n) is 7.96. The van der Waals surface area contributed by atoms with E-state index in [4.69, 9.17) is 9.47 Å². The Bertz CT molecular complexity index is 788. The van der Waals surface area contributed by atoms with Crippen LogP contribution in [0.4, 0.5) is 0 Å². The first kappa shape index (κ1) is 15.9. The molecule has 5 nitrogen and oxygen atoms in total. The average molecular weight is 409 g/mol. The molecular weight excluding hydrogens is 392 g/mol. The van der Waals surface area contributed by atoms with Gasteiger partial charge < -0.3 is 14.8 Å². The molecule has 0 unspecified atom stereocenters. The molecule has 1 fully saturated rings. The Kier molecular flexibility index (Phi) is 4.22. The molecule has 1 aromatic carbocycles. The molecule has 1 atom stereocenters. The number of thiazole rings is 1. The maximum Gasteiger partial charge on any atom is 0.263 e. The van der Waals surface area contributed by atoms with Gasteiger partial charge in [0, 0.05) is 10.4 Å². The zero-order valence-corrected chi connectivity index (χ0v) is 15.6. The molecule has 2 heterocycles. The molecular formula is C17H17BrN2O3S. The number of ether oxygens (including phenoxy) is 2. The normalized spacial score (nSPS) is 17.4. The molecule has 4 rings (SSSR count). The number of nitrogens with one attached hydrogen (secondary N) is 1. The van der Waals surface area contributed by atoms with Crippen LogP contribution in [0.5, 0.6) is 11.5 Å². The van der Waals surface area contributed by atoms with E-state index < -0.39 is 0 Å². The van der Waals surface area contributed by atoms with Gasteiger partial charge in [-0.3, -0.25) is 4.79 Å². The van der Waals surface area contributed by atoms with E-state index in [9.17, 15) is 4.79 Å². The summed E-state index contributed by atoms with van der Waals surface area (Å²) < 4.78 is 12.1. The number of carbonyl (C=O) groups is 1. The molecule has 126 valence electrons. The molecule has 2 aromatic rings. The fourth-order valence-electron chi connectivity index (χ4n) is 2.82. The molecule has 0 radical (unpaired) electrons. The van der Waals surface area contributed by atoms with Crippen molar-refractivity contribution in [2.45, 2.75) is 31.7 Å². The third-order valence-corrected chi connectivity index (χ3v) is 5.77. The predicted molar refractivity (Wildman–Crippen MR) is 95.1 cm³/mol. The maximum absolute atomic E-state index is 12.6. The van der Waals surface area contributed by atoms with Crippen LogP contribution in [0.1, 0.15) is 52.7 Å². The summed E-state index contributed by atoms with van der Waals surface area (Å²) >= 11 is 4.98. The van der Waals surface area contributed by atoms with Crippen molar-refractivity contribution in [3.63, 3.8) is 0 Å². The van der Waals surface area contributed by atoms with Crippen molar-refractivity contribution in [2.24, 2.45) is 0 Å². The maximum atomic E-state index is 12.6. The van der Waals surface area contributed by atoms with E-state index in [0.717, 1.165) is 44.9 Å². The number of aromatic nitrogens is 1. The quantitative estimate of drug-likeness (QED) is 0.828. The van der Waals surface area contributed by atoms with Crippen LogP contribution in [0.25, 0.3) is 0 Å². The number of hydrogen-bond acceptors (Lipinski definition) is 5. The number of rotatable bonds is 4. The topological polar surface area (TPSA) is 60.5 Å². The number of hydrogen-bond donors (Lipinski definition) is 1. The zero-order chi connectivity index (χ0) is 16.7. The van der Waals surface area contributed by atoms with Crippen LogP contribution < -0.4 is 14.8 Å². The molecule has 24 heavy (non-hydrogen) atoms. The highest BCUT2D eigenvalue weighted by atomic mass is 79.9. The summed E-state index contributed by atoms with van der Waals surface area (Å²) in [6, 6.07) is 3.67. The van der Waals surface area contributed by atoms with Gasteiger partial charge in [0.15, 0.2) is 11.5 Å². The van der Waals surface area contributed by atoms with Crippen LogP contribution in [-0.2, 0) is 0 Å². The summed E-state index contributed by atoms with van der Waals surface area (Å²) in [5, 5.41) is 3.07. The standard InChI is InChI=1S/C17H17BrN2O3S/c1-9(11-6-13-14(7-12(11)18)23-5-4-22-13)20-17(21)16-15(10-2-3-10)19-8-24-16/h6-10H,2-5H2,1H3,(H,20,21)/t9-/m0/s1. The largest absolute Gasteiger partial charge is 0.486 e. The Morgan fingerprint density at radius 1 is 1.33 bits per heavy atom. The van der Waals surface area contributed by atoms with E-state index in [1.165, 1.54) is 11.3 Å². The van der Waals surface area contributed by atoms with E-state index in [1.54, 1.807) is 5.51 Å². The minimum absolute atomic E-state index is 0.0614. The fraction of sp³-hybridized carbons (Fsp3) is 0.412. The molecule has 0 spiro atoms. The molecule has 1 aliphatic heterocycles. The number of halogens is 1. The van der Waals surface area contributed by atoms with Gasteiger partial charge in [-0.2, -0.15) is 0 Å². The summed E-state index contributed by atoms with van der Waals surface area (Å²) in [6.07, 6.45) is 2.26. The summed E-state index contributed by atoms with van der Waals surface area (Å²) in [5.41, 5.74) is 3.67. The van der Waals surface area contributed by atoms with E-state index in [2.05, 4.69) is 26.2 Å².